The molecule has 0 aliphatic carbocycles. The van der Waals surface area contributed by atoms with E-state index in [-0.39, 0.29) is 0 Å². The van der Waals surface area contributed by atoms with Gasteiger partial charge in [0.1, 0.15) is 0 Å². The average Bonchev–Trinajstić information content (AvgIpc) is 1.67. The second-order valence-corrected chi connectivity index (χ2v) is 3.59. The maximum absolute atomic E-state index is 10.1. The number of carbonyl (C=O) groups excluding carboxylic acids is 1. The summed E-state index contributed by atoms with van der Waals surface area (Å²) in [6.07, 6.45) is 0.537. The van der Waals surface area contributed by atoms with Crippen LogP contribution in [0.25, 0.3) is 0 Å². The third-order valence-electron chi connectivity index (χ3n) is 1.09. The van der Waals surface area contributed by atoms with Crippen molar-refractivity contribution < 1.29 is 9.90 Å². The van der Waals surface area contributed by atoms with E-state index in [0.29, 0.717) is 6.42 Å². The fourth-order valence-corrected chi connectivity index (χ4v) is 0.144. The average molecular weight is 180 g/mol. The lowest BCUT2D eigenvalue weighted by atomic mass is 10.1. The van der Waals surface area contributed by atoms with Crippen LogP contribution in [0.2, 0.25) is 0 Å². The lowest BCUT2D eigenvalue weighted by Gasteiger charge is -2.20. The van der Waals surface area contributed by atoms with Crippen molar-refractivity contribution in [3.05, 3.63) is 0 Å². The highest BCUT2D eigenvalue weighted by Gasteiger charge is 2.17. The zero-order chi connectivity index (χ0) is 6.78. The maximum Gasteiger partial charge on any atom is 0.0620 e. The summed E-state index contributed by atoms with van der Waals surface area (Å²) in [5.41, 5.74) is 0. The van der Waals surface area contributed by atoms with Gasteiger partial charge in [-0.1, -0.05) is 22.9 Å². The van der Waals surface area contributed by atoms with E-state index < -0.39 is 10.3 Å². The van der Waals surface area contributed by atoms with E-state index in [1.165, 1.54) is 0 Å². The van der Waals surface area contributed by atoms with Crippen LogP contribution in [0.1, 0.15) is 20.3 Å². The number of carbonyl (C=O) groups is 1. The molecule has 3 heteroatoms. The predicted octanol–water partition coefficient (Wildman–Crippen LogP) is 0.300. The molecule has 2 nitrogen and oxygen atoms in total. The first-order valence-electron chi connectivity index (χ1n) is 2.41. The lowest BCUT2D eigenvalue weighted by molar-refractivity contribution is -0.308. The van der Waals surface area contributed by atoms with Gasteiger partial charge in [0, 0.05) is 0 Å². The second kappa shape index (κ2) is 2.49. The van der Waals surface area contributed by atoms with Gasteiger partial charge in [0.25, 0.3) is 0 Å². The standard InChI is InChI=1S/C5H9BrO2/c1-3-5(2,6)4(7)8/h3H2,1-2H3,(H,7,8)/p-1. The molecule has 0 aromatic carbocycles. The Bertz CT molecular complexity index is 98.6. The van der Waals surface area contributed by atoms with Gasteiger partial charge in [0.2, 0.25) is 0 Å². The third-order valence-corrected chi connectivity index (χ3v) is 1.97. The molecule has 0 spiro atoms. The molecule has 0 fully saturated rings. The van der Waals surface area contributed by atoms with Crippen molar-refractivity contribution in [2.45, 2.75) is 24.6 Å². The summed E-state index contributed by atoms with van der Waals surface area (Å²) >= 11 is 2.98. The van der Waals surface area contributed by atoms with Gasteiger partial charge in [-0.3, -0.25) is 0 Å². The third kappa shape index (κ3) is 1.82. The Morgan fingerprint density at radius 3 is 2.25 bits per heavy atom. The molecule has 0 bridgehead atoms. The largest absolute Gasteiger partial charge is 0.549 e. The molecule has 0 aliphatic rings. The smallest absolute Gasteiger partial charge is 0.0620 e. The molecule has 0 saturated carbocycles. The molecular formula is C5H8BrO2-. The number of hydrogen-bond donors (Lipinski definition) is 0. The van der Waals surface area contributed by atoms with Crippen LogP contribution in [0.4, 0.5) is 0 Å². The summed E-state index contributed by atoms with van der Waals surface area (Å²) < 4.78 is -0.840. The van der Waals surface area contributed by atoms with E-state index >= 15 is 0 Å². The van der Waals surface area contributed by atoms with Gasteiger partial charge in [-0.15, -0.1) is 0 Å². The number of alkyl halides is 1. The van der Waals surface area contributed by atoms with Crippen LogP contribution in [0.5, 0.6) is 0 Å². The van der Waals surface area contributed by atoms with Crippen LogP contribution in [-0.2, 0) is 4.79 Å². The van der Waals surface area contributed by atoms with Gasteiger partial charge < -0.3 is 9.90 Å². The van der Waals surface area contributed by atoms with Gasteiger partial charge in [0.05, 0.1) is 10.3 Å². The molecule has 0 aromatic heterocycles. The minimum Gasteiger partial charge on any atom is -0.549 e. The molecule has 0 radical (unpaired) electrons. The number of aliphatic carboxylic acids is 1. The fourth-order valence-electron chi connectivity index (χ4n) is 0.144. The van der Waals surface area contributed by atoms with Gasteiger partial charge in [-0.25, -0.2) is 0 Å². The molecule has 1 atom stereocenters. The van der Waals surface area contributed by atoms with Crippen molar-refractivity contribution in [3.8, 4) is 0 Å². The predicted molar refractivity (Wildman–Crippen MR) is 32.6 cm³/mol. The number of halogens is 1. The highest BCUT2D eigenvalue weighted by atomic mass is 79.9. The van der Waals surface area contributed by atoms with E-state index in [2.05, 4.69) is 15.9 Å². The van der Waals surface area contributed by atoms with E-state index in [1.807, 2.05) is 0 Å². The Morgan fingerprint density at radius 2 is 2.25 bits per heavy atom. The van der Waals surface area contributed by atoms with E-state index in [1.54, 1.807) is 13.8 Å². The lowest BCUT2D eigenvalue weighted by Crippen LogP contribution is -2.40. The molecule has 1 unspecified atom stereocenters. The molecule has 0 heterocycles. The Balaban J connectivity index is 3.91. The molecule has 0 rings (SSSR count). The van der Waals surface area contributed by atoms with Crippen molar-refractivity contribution in [1.82, 2.24) is 0 Å². The summed E-state index contributed by atoms with van der Waals surface area (Å²) in [5.74, 6) is -1.06. The Morgan fingerprint density at radius 1 is 1.88 bits per heavy atom. The molecule has 0 N–H and O–H groups in total. The number of carboxylic acids is 1. The highest BCUT2D eigenvalue weighted by Crippen LogP contribution is 2.19. The van der Waals surface area contributed by atoms with Crippen molar-refractivity contribution in [3.63, 3.8) is 0 Å². The highest BCUT2D eigenvalue weighted by molar-refractivity contribution is 9.10. The maximum atomic E-state index is 10.1. The zero-order valence-corrected chi connectivity index (χ0v) is 6.49. The van der Waals surface area contributed by atoms with Crippen LogP contribution in [-0.4, -0.2) is 10.3 Å². The van der Waals surface area contributed by atoms with Crippen LogP contribution in [0.15, 0.2) is 0 Å². The normalized spacial score (nSPS) is 17.4. The summed E-state index contributed by atoms with van der Waals surface area (Å²) in [7, 11) is 0. The van der Waals surface area contributed by atoms with Gasteiger partial charge in [0.15, 0.2) is 0 Å². The fraction of sp³-hybridized carbons (Fsp3) is 0.800. The zero-order valence-electron chi connectivity index (χ0n) is 4.90. The van der Waals surface area contributed by atoms with Gasteiger partial charge in [-0.2, -0.15) is 0 Å². The Kier molecular flexibility index (Phi) is 2.47. The first-order valence-corrected chi connectivity index (χ1v) is 3.20. The number of hydrogen-bond acceptors (Lipinski definition) is 2. The van der Waals surface area contributed by atoms with Crippen molar-refractivity contribution in [2.24, 2.45) is 0 Å². The van der Waals surface area contributed by atoms with Crippen LogP contribution < -0.4 is 5.11 Å². The van der Waals surface area contributed by atoms with Crippen LogP contribution in [0.3, 0.4) is 0 Å². The molecular weight excluding hydrogens is 172 g/mol. The molecule has 0 aliphatic heterocycles. The minimum absolute atomic E-state index is 0.537. The molecule has 48 valence electrons. The first kappa shape index (κ1) is 7.95. The van der Waals surface area contributed by atoms with Crippen molar-refractivity contribution >= 4 is 21.9 Å². The summed E-state index contributed by atoms with van der Waals surface area (Å²) in [6.45, 7) is 3.35. The molecule has 0 aromatic rings. The van der Waals surface area contributed by atoms with Crippen LogP contribution >= 0.6 is 15.9 Å². The second-order valence-electron chi connectivity index (χ2n) is 1.84. The first-order chi connectivity index (χ1) is 3.50. The summed E-state index contributed by atoms with van der Waals surface area (Å²) in [6, 6.07) is 0. The van der Waals surface area contributed by atoms with Crippen molar-refractivity contribution in [1.29, 1.82) is 0 Å². The SMILES string of the molecule is CCC(C)(Br)C(=O)[O-]. The summed E-state index contributed by atoms with van der Waals surface area (Å²) in [4.78, 5) is 10.1. The monoisotopic (exact) mass is 179 g/mol. The number of carboxylic acid groups (broad SMARTS) is 1. The number of rotatable bonds is 2. The molecule has 8 heavy (non-hydrogen) atoms. The van der Waals surface area contributed by atoms with E-state index in [4.69, 9.17) is 0 Å². The van der Waals surface area contributed by atoms with E-state index in [9.17, 15) is 9.90 Å². The van der Waals surface area contributed by atoms with Crippen LogP contribution in [0, 0.1) is 0 Å². The summed E-state index contributed by atoms with van der Waals surface area (Å²) in [5, 5.41) is 10.1. The Labute approximate surface area is 57.0 Å². The minimum atomic E-state index is -1.06. The molecule has 0 saturated heterocycles. The van der Waals surface area contributed by atoms with Crippen molar-refractivity contribution in [2.75, 3.05) is 0 Å². The topological polar surface area (TPSA) is 40.1 Å². The van der Waals surface area contributed by atoms with Gasteiger partial charge in [-0.05, 0) is 13.3 Å². The Hall–Kier alpha value is -0.0500. The quantitative estimate of drug-likeness (QED) is 0.573. The van der Waals surface area contributed by atoms with Gasteiger partial charge >= 0.3 is 0 Å². The van der Waals surface area contributed by atoms with E-state index in [0.717, 1.165) is 0 Å². The molecule has 0 amide bonds.